The van der Waals surface area contributed by atoms with Gasteiger partial charge in [0.15, 0.2) is 5.96 Å². The fourth-order valence-corrected chi connectivity index (χ4v) is 4.16. The Labute approximate surface area is 198 Å². The molecule has 1 unspecified atom stereocenters. The summed E-state index contributed by atoms with van der Waals surface area (Å²) in [6.07, 6.45) is 6.44. The monoisotopic (exact) mass is 537 g/mol. The molecule has 6 nitrogen and oxygen atoms in total. The average Bonchev–Trinajstić information content (AvgIpc) is 3.52. The van der Waals surface area contributed by atoms with Crippen LogP contribution in [0.25, 0.3) is 0 Å². The van der Waals surface area contributed by atoms with Gasteiger partial charge in [-0.15, -0.1) is 35.3 Å². The first-order valence-corrected chi connectivity index (χ1v) is 11.0. The summed E-state index contributed by atoms with van der Waals surface area (Å²) >= 11 is 1.79. The van der Waals surface area contributed by atoms with Crippen molar-refractivity contribution < 1.29 is 4.42 Å². The van der Waals surface area contributed by atoms with Crippen molar-refractivity contribution in [3.05, 3.63) is 70.9 Å². The molecule has 0 amide bonds. The lowest BCUT2D eigenvalue weighted by Crippen LogP contribution is -2.45. The van der Waals surface area contributed by atoms with Gasteiger partial charge in [0.1, 0.15) is 11.6 Å². The normalized spacial score (nSPS) is 16.3. The molecule has 160 valence electrons. The zero-order chi connectivity index (χ0) is 19.7. The number of nitrogens with zero attached hydrogens (tertiary/aromatic N) is 3. The van der Waals surface area contributed by atoms with E-state index in [2.05, 4.69) is 44.1 Å². The summed E-state index contributed by atoms with van der Waals surface area (Å²) in [6, 6.07) is 14.6. The quantitative estimate of drug-likeness (QED) is 0.259. The Hall–Kier alpha value is -2.07. The molecular formula is C22H28IN5OS. The van der Waals surface area contributed by atoms with E-state index in [0.717, 1.165) is 63.0 Å². The first-order valence-electron chi connectivity index (χ1n) is 10.1. The zero-order valence-electron chi connectivity index (χ0n) is 16.9. The predicted octanol–water partition coefficient (Wildman–Crippen LogP) is 3.95. The molecule has 2 N–H and O–H groups in total. The smallest absolute Gasteiger partial charge is 0.191 e. The number of pyridine rings is 1. The van der Waals surface area contributed by atoms with Gasteiger partial charge in [-0.3, -0.25) is 4.99 Å². The molecule has 0 spiro atoms. The minimum atomic E-state index is 0. The number of aromatic nitrogens is 1. The number of hydrogen-bond acceptors (Lipinski definition) is 5. The van der Waals surface area contributed by atoms with Crippen molar-refractivity contribution in [2.75, 3.05) is 31.1 Å². The number of thiophene rings is 1. The van der Waals surface area contributed by atoms with Gasteiger partial charge in [0, 0.05) is 56.1 Å². The fourth-order valence-electron chi connectivity index (χ4n) is 3.46. The average molecular weight is 537 g/mol. The summed E-state index contributed by atoms with van der Waals surface area (Å²) in [4.78, 5) is 13.0. The van der Waals surface area contributed by atoms with Crippen LogP contribution in [0.15, 0.2) is 69.7 Å². The van der Waals surface area contributed by atoms with Crippen LogP contribution in [0, 0.1) is 0 Å². The van der Waals surface area contributed by atoms with Crippen LogP contribution in [0.5, 0.6) is 0 Å². The van der Waals surface area contributed by atoms with Crippen molar-refractivity contribution in [1.29, 1.82) is 0 Å². The van der Waals surface area contributed by atoms with Crippen LogP contribution in [0.4, 0.5) is 5.82 Å². The van der Waals surface area contributed by atoms with Gasteiger partial charge in [-0.1, -0.05) is 12.1 Å². The van der Waals surface area contributed by atoms with Crippen LogP contribution in [0.1, 0.15) is 17.1 Å². The van der Waals surface area contributed by atoms with E-state index >= 15 is 0 Å². The Morgan fingerprint density at radius 2 is 2.17 bits per heavy atom. The molecular weight excluding hydrogens is 509 g/mol. The summed E-state index contributed by atoms with van der Waals surface area (Å²) in [5, 5.41) is 9.20. The molecule has 1 aliphatic heterocycles. The van der Waals surface area contributed by atoms with Gasteiger partial charge in [0.25, 0.3) is 0 Å². The van der Waals surface area contributed by atoms with E-state index in [9.17, 15) is 0 Å². The van der Waals surface area contributed by atoms with Crippen LogP contribution in [0.3, 0.4) is 0 Å². The molecule has 4 rings (SSSR count). The van der Waals surface area contributed by atoms with Gasteiger partial charge in [-0.2, -0.15) is 0 Å². The molecule has 30 heavy (non-hydrogen) atoms. The van der Waals surface area contributed by atoms with Crippen LogP contribution in [-0.2, 0) is 12.8 Å². The Bertz CT molecular complexity index is 870. The maximum Gasteiger partial charge on any atom is 0.191 e. The zero-order valence-corrected chi connectivity index (χ0v) is 20.0. The molecule has 1 atom stereocenters. The van der Waals surface area contributed by atoms with Gasteiger partial charge in [0.2, 0.25) is 0 Å². The lowest BCUT2D eigenvalue weighted by molar-refractivity contribution is 0.506. The number of halogens is 1. The van der Waals surface area contributed by atoms with E-state index in [4.69, 9.17) is 9.41 Å². The van der Waals surface area contributed by atoms with E-state index in [0.29, 0.717) is 6.04 Å². The third kappa shape index (κ3) is 6.73. The van der Waals surface area contributed by atoms with Gasteiger partial charge in [-0.05, 0) is 42.1 Å². The van der Waals surface area contributed by atoms with Crippen LogP contribution in [0.2, 0.25) is 0 Å². The summed E-state index contributed by atoms with van der Waals surface area (Å²) in [5.41, 5.74) is 0. The maximum absolute atomic E-state index is 5.43. The van der Waals surface area contributed by atoms with Gasteiger partial charge >= 0.3 is 0 Å². The molecule has 0 radical (unpaired) electrons. The molecule has 3 aromatic heterocycles. The van der Waals surface area contributed by atoms with Crippen molar-refractivity contribution >= 4 is 47.1 Å². The lowest BCUT2D eigenvalue weighted by Gasteiger charge is -2.19. The number of furan rings is 1. The standard InChI is InChI=1S/C22H27N5OS.HI/c1-2-11-23-21(7-1)27-14-10-18(17-27)26-22(24-12-8-19-5-3-15-28-19)25-13-9-20-6-4-16-29-20;/h1-7,11,15-16,18H,8-10,12-14,17H2,(H2,24,25,26);1H. The first-order chi connectivity index (χ1) is 14.4. The number of rotatable bonds is 8. The largest absolute Gasteiger partial charge is 0.469 e. The van der Waals surface area contributed by atoms with Crippen LogP contribution in [-0.4, -0.2) is 43.2 Å². The Morgan fingerprint density at radius 3 is 2.93 bits per heavy atom. The van der Waals surface area contributed by atoms with E-state index in [1.807, 2.05) is 30.5 Å². The SMILES string of the molecule is I.c1ccc(N2CCC(NC(=NCCc3cccs3)NCCc3ccco3)C2)nc1. The Balaban J connectivity index is 0.00000256. The van der Waals surface area contributed by atoms with E-state index in [1.165, 1.54) is 4.88 Å². The molecule has 0 bridgehead atoms. The van der Waals surface area contributed by atoms with Crippen molar-refractivity contribution in [3.63, 3.8) is 0 Å². The number of hydrogen-bond donors (Lipinski definition) is 2. The second-order valence-corrected chi connectivity index (χ2v) is 8.11. The third-order valence-corrected chi connectivity index (χ3v) is 5.89. The number of anilines is 1. The Morgan fingerprint density at radius 1 is 1.20 bits per heavy atom. The molecule has 1 saturated heterocycles. The Kier molecular flexibility index (Phi) is 9.00. The molecule has 0 aliphatic carbocycles. The molecule has 1 aliphatic rings. The molecule has 0 saturated carbocycles. The van der Waals surface area contributed by atoms with Crippen molar-refractivity contribution in [3.8, 4) is 0 Å². The summed E-state index contributed by atoms with van der Waals surface area (Å²) < 4.78 is 5.43. The number of nitrogens with one attached hydrogen (secondary N) is 2. The highest BCUT2D eigenvalue weighted by Gasteiger charge is 2.24. The summed E-state index contributed by atoms with van der Waals surface area (Å²) in [6.45, 7) is 3.49. The van der Waals surface area contributed by atoms with Crippen molar-refractivity contribution in [2.45, 2.75) is 25.3 Å². The molecule has 3 aromatic rings. The first kappa shape index (κ1) is 22.6. The summed E-state index contributed by atoms with van der Waals surface area (Å²) in [5.74, 6) is 2.90. The lowest BCUT2D eigenvalue weighted by atomic mass is 10.2. The van der Waals surface area contributed by atoms with Crippen molar-refractivity contribution in [2.24, 2.45) is 4.99 Å². The number of aliphatic imine (C=N–C) groups is 1. The van der Waals surface area contributed by atoms with E-state index in [1.54, 1.807) is 17.6 Å². The molecule has 4 heterocycles. The third-order valence-electron chi connectivity index (χ3n) is 4.95. The summed E-state index contributed by atoms with van der Waals surface area (Å²) in [7, 11) is 0. The van der Waals surface area contributed by atoms with Gasteiger partial charge < -0.3 is 20.0 Å². The maximum atomic E-state index is 5.43. The van der Waals surface area contributed by atoms with Crippen LogP contribution < -0.4 is 15.5 Å². The predicted molar refractivity (Wildman–Crippen MR) is 134 cm³/mol. The highest BCUT2D eigenvalue weighted by molar-refractivity contribution is 14.0. The minimum Gasteiger partial charge on any atom is -0.469 e. The molecule has 0 aromatic carbocycles. The highest BCUT2D eigenvalue weighted by atomic mass is 127. The molecule has 1 fully saturated rings. The number of guanidine groups is 1. The van der Waals surface area contributed by atoms with Crippen molar-refractivity contribution in [1.82, 2.24) is 15.6 Å². The second-order valence-electron chi connectivity index (χ2n) is 7.08. The van der Waals surface area contributed by atoms with Gasteiger partial charge in [0.05, 0.1) is 6.26 Å². The topological polar surface area (TPSA) is 65.7 Å². The van der Waals surface area contributed by atoms with Crippen LogP contribution >= 0.6 is 35.3 Å². The van der Waals surface area contributed by atoms with E-state index in [-0.39, 0.29) is 24.0 Å². The van der Waals surface area contributed by atoms with Gasteiger partial charge in [-0.25, -0.2) is 4.98 Å². The van der Waals surface area contributed by atoms with E-state index < -0.39 is 0 Å². The minimum absolute atomic E-state index is 0. The highest BCUT2D eigenvalue weighted by Crippen LogP contribution is 2.17. The fraction of sp³-hybridized carbons (Fsp3) is 0.364. The second kappa shape index (κ2) is 11.9. The molecule has 8 heteroatoms.